The van der Waals surface area contributed by atoms with Crippen LogP contribution in [-0.4, -0.2) is 31.3 Å². The number of thioether (sulfide) groups is 1. The van der Waals surface area contributed by atoms with E-state index in [0.29, 0.717) is 12.2 Å². The van der Waals surface area contributed by atoms with Gasteiger partial charge in [-0.05, 0) is 6.42 Å². The molecule has 0 aromatic heterocycles. The molecule has 0 fully saturated rings. The predicted molar refractivity (Wildman–Crippen MR) is 47.5 cm³/mol. The Morgan fingerprint density at radius 2 is 2.00 bits per heavy atom. The Bertz CT molecular complexity index is 218. The van der Waals surface area contributed by atoms with Gasteiger partial charge < -0.3 is 0 Å². The fourth-order valence-electron chi connectivity index (χ4n) is 0.537. The first kappa shape index (κ1) is 11.0. The van der Waals surface area contributed by atoms with E-state index in [9.17, 15) is 13.2 Å². The first-order chi connectivity index (χ1) is 4.92. The Kier molecular flexibility index (Phi) is 4.76. The summed E-state index contributed by atoms with van der Waals surface area (Å²) in [7, 11) is -2.85. The van der Waals surface area contributed by atoms with Gasteiger partial charge in [0.2, 0.25) is 0 Å². The smallest absolute Gasteiger partial charge is 0.185 e. The molecular weight excluding hydrogens is 184 g/mol. The van der Waals surface area contributed by atoms with Crippen LogP contribution in [-0.2, 0) is 14.6 Å². The van der Waals surface area contributed by atoms with Crippen molar-refractivity contribution in [3.63, 3.8) is 0 Å². The monoisotopic (exact) mass is 196 g/mol. The zero-order chi connectivity index (χ0) is 8.91. The molecule has 11 heavy (non-hydrogen) atoms. The lowest BCUT2D eigenvalue weighted by molar-refractivity contribution is -0.109. The summed E-state index contributed by atoms with van der Waals surface area (Å²) >= 11 is 1.17. The van der Waals surface area contributed by atoms with E-state index in [1.54, 1.807) is 0 Å². The largest absolute Gasteiger partial charge is 0.288 e. The fourth-order valence-corrected chi connectivity index (χ4v) is 1.96. The highest BCUT2D eigenvalue weighted by molar-refractivity contribution is 8.13. The van der Waals surface area contributed by atoms with Gasteiger partial charge in [-0.3, -0.25) is 4.79 Å². The minimum absolute atomic E-state index is 0.0403. The molecular formula is C6H12O3S2. The number of carbonyl (C=O) groups is 1. The van der Waals surface area contributed by atoms with Crippen LogP contribution >= 0.6 is 11.8 Å². The Balaban J connectivity index is 3.37. The molecule has 0 unspecified atom stereocenters. The van der Waals surface area contributed by atoms with Gasteiger partial charge in [-0.15, -0.1) is 0 Å². The molecule has 3 nitrogen and oxygen atoms in total. The standard InChI is InChI=1S/C6H12O3S2/c1-6(7)10-4-3-5-11(2,8)9/h3-5H2,1-2H3. The van der Waals surface area contributed by atoms with Gasteiger partial charge in [-0.2, -0.15) is 0 Å². The van der Waals surface area contributed by atoms with Crippen LogP contribution in [0.2, 0.25) is 0 Å². The minimum Gasteiger partial charge on any atom is -0.288 e. The highest BCUT2D eigenvalue weighted by Crippen LogP contribution is 2.03. The minimum atomic E-state index is -2.85. The van der Waals surface area contributed by atoms with Crippen molar-refractivity contribution < 1.29 is 13.2 Å². The van der Waals surface area contributed by atoms with Crippen LogP contribution < -0.4 is 0 Å². The zero-order valence-corrected chi connectivity index (χ0v) is 8.30. The van der Waals surface area contributed by atoms with Crippen LogP contribution in [0.3, 0.4) is 0 Å². The van der Waals surface area contributed by atoms with Crippen molar-refractivity contribution in [1.29, 1.82) is 0 Å². The molecule has 0 aromatic carbocycles. The average molecular weight is 196 g/mol. The number of hydrogen-bond donors (Lipinski definition) is 0. The highest BCUT2D eigenvalue weighted by Gasteiger charge is 2.01. The number of hydrogen-bond acceptors (Lipinski definition) is 4. The molecule has 0 aliphatic heterocycles. The first-order valence-corrected chi connectivity index (χ1v) is 6.27. The third-order valence-corrected chi connectivity index (χ3v) is 2.89. The van der Waals surface area contributed by atoms with Gasteiger partial charge in [-0.25, -0.2) is 8.42 Å². The molecule has 5 heteroatoms. The molecule has 0 aliphatic carbocycles. The molecule has 0 heterocycles. The molecule has 66 valence electrons. The van der Waals surface area contributed by atoms with E-state index in [1.165, 1.54) is 24.9 Å². The molecule has 0 spiro atoms. The molecule has 0 aliphatic rings. The van der Waals surface area contributed by atoms with Gasteiger partial charge in [0.05, 0.1) is 5.75 Å². The summed E-state index contributed by atoms with van der Waals surface area (Å²) in [6, 6.07) is 0. The Hall–Kier alpha value is -0.0300. The SMILES string of the molecule is CC(=O)SCCCS(C)(=O)=O. The maximum absolute atomic E-state index is 10.6. The lowest BCUT2D eigenvalue weighted by Gasteiger charge is -1.95. The second-order valence-electron chi connectivity index (χ2n) is 2.32. The molecule has 0 bridgehead atoms. The second kappa shape index (κ2) is 4.77. The van der Waals surface area contributed by atoms with Crippen LogP contribution in [0.25, 0.3) is 0 Å². The normalized spacial score (nSPS) is 11.5. The Morgan fingerprint density at radius 1 is 1.45 bits per heavy atom. The van der Waals surface area contributed by atoms with E-state index in [1.807, 2.05) is 0 Å². The van der Waals surface area contributed by atoms with Crippen molar-refractivity contribution in [1.82, 2.24) is 0 Å². The predicted octanol–water partition coefficient (Wildman–Crippen LogP) is 0.701. The second-order valence-corrected chi connectivity index (χ2v) is 5.86. The molecule has 0 saturated carbocycles. The summed E-state index contributed by atoms with van der Waals surface area (Å²) in [5.41, 5.74) is 0. The third-order valence-electron chi connectivity index (χ3n) is 0.965. The van der Waals surface area contributed by atoms with Crippen LogP contribution in [0.1, 0.15) is 13.3 Å². The zero-order valence-electron chi connectivity index (χ0n) is 6.66. The van der Waals surface area contributed by atoms with Crippen LogP contribution in [0.15, 0.2) is 0 Å². The lowest BCUT2D eigenvalue weighted by Crippen LogP contribution is -2.04. The summed E-state index contributed by atoms with van der Waals surface area (Å²) in [4.78, 5) is 10.4. The Morgan fingerprint density at radius 3 is 2.36 bits per heavy atom. The average Bonchev–Trinajstić information content (AvgIpc) is 1.78. The first-order valence-electron chi connectivity index (χ1n) is 3.23. The number of sulfone groups is 1. The molecule has 0 amide bonds. The fraction of sp³-hybridized carbons (Fsp3) is 0.833. The van der Waals surface area contributed by atoms with Crippen molar-refractivity contribution in [3.05, 3.63) is 0 Å². The van der Waals surface area contributed by atoms with Crippen LogP contribution in [0, 0.1) is 0 Å². The molecule has 0 rings (SSSR count). The van der Waals surface area contributed by atoms with Gasteiger partial charge in [0, 0.05) is 18.9 Å². The summed E-state index contributed by atoms with van der Waals surface area (Å²) in [5, 5.41) is 0.0403. The van der Waals surface area contributed by atoms with Gasteiger partial charge in [0.25, 0.3) is 0 Å². The molecule has 0 N–H and O–H groups in total. The maximum Gasteiger partial charge on any atom is 0.185 e. The van der Waals surface area contributed by atoms with E-state index in [-0.39, 0.29) is 10.9 Å². The van der Waals surface area contributed by atoms with E-state index in [0.717, 1.165) is 0 Å². The highest BCUT2D eigenvalue weighted by atomic mass is 32.2. The summed E-state index contributed by atoms with van der Waals surface area (Å²) in [5.74, 6) is 0.773. The lowest BCUT2D eigenvalue weighted by atomic mass is 10.6. The quantitative estimate of drug-likeness (QED) is 0.621. The van der Waals surface area contributed by atoms with Gasteiger partial charge >= 0.3 is 0 Å². The molecule has 0 radical (unpaired) electrons. The van der Waals surface area contributed by atoms with Gasteiger partial charge in [0.15, 0.2) is 5.12 Å². The van der Waals surface area contributed by atoms with Crippen molar-refractivity contribution in [2.75, 3.05) is 17.8 Å². The molecule has 0 aromatic rings. The third kappa shape index (κ3) is 9.97. The molecule has 0 atom stereocenters. The summed E-state index contributed by atoms with van der Waals surface area (Å²) in [6.45, 7) is 1.48. The van der Waals surface area contributed by atoms with Crippen LogP contribution in [0.5, 0.6) is 0 Å². The van der Waals surface area contributed by atoms with E-state index in [2.05, 4.69) is 0 Å². The summed E-state index contributed by atoms with van der Waals surface area (Å²) in [6.07, 6.45) is 1.76. The van der Waals surface area contributed by atoms with Crippen molar-refractivity contribution in [2.45, 2.75) is 13.3 Å². The molecule has 0 saturated heterocycles. The summed E-state index contributed by atoms with van der Waals surface area (Å²) < 4.78 is 21.2. The van der Waals surface area contributed by atoms with Gasteiger partial charge in [0.1, 0.15) is 9.84 Å². The number of rotatable bonds is 4. The maximum atomic E-state index is 10.6. The van der Waals surface area contributed by atoms with E-state index >= 15 is 0 Å². The Labute approximate surface area is 71.5 Å². The van der Waals surface area contributed by atoms with E-state index < -0.39 is 9.84 Å². The van der Waals surface area contributed by atoms with Crippen molar-refractivity contribution in [2.24, 2.45) is 0 Å². The van der Waals surface area contributed by atoms with Crippen molar-refractivity contribution in [3.8, 4) is 0 Å². The topological polar surface area (TPSA) is 51.2 Å². The van der Waals surface area contributed by atoms with Gasteiger partial charge in [-0.1, -0.05) is 11.8 Å². The van der Waals surface area contributed by atoms with E-state index in [4.69, 9.17) is 0 Å². The van der Waals surface area contributed by atoms with Crippen molar-refractivity contribution >= 4 is 26.7 Å². The number of carbonyl (C=O) groups excluding carboxylic acids is 1. The van der Waals surface area contributed by atoms with Crippen LogP contribution in [0.4, 0.5) is 0 Å².